The maximum atomic E-state index is 13.7. The number of hydrogen-bond acceptors (Lipinski definition) is 4. The van der Waals surface area contributed by atoms with Gasteiger partial charge in [0.05, 0.1) is 7.11 Å². The summed E-state index contributed by atoms with van der Waals surface area (Å²) < 4.78 is 5.39. The Morgan fingerprint density at radius 1 is 0.973 bits per heavy atom. The lowest BCUT2D eigenvalue weighted by atomic mass is 10.0. The molecule has 0 spiro atoms. The van der Waals surface area contributed by atoms with E-state index in [1.807, 2.05) is 78.9 Å². The van der Waals surface area contributed by atoms with Crippen molar-refractivity contribution in [2.45, 2.75) is 44.2 Å². The van der Waals surface area contributed by atoms with Crippen LogP contribution in [0.2, 0.25) is 5.02 Å². The third-order valence-electron chi connectivity index (χ3n) is 5.84. The highest BCUT2D eigenvalue weighted by Gasteiger charge is 2.30. The predicted octanol–water partition coefficient (Wildman–Crippen LogP) is 6.24. The highest BCUT2D eigenvalue weighted by atomic mass is 35.5. The third-order valence-corrected chi connectivity index (χ3v) is 7.11. The molecule has 0 fully saturated rings. The van der Waals surface area contributed by atoms with Crippen molar-refractivity contribution in [1.29, 1.82) is 0 Å². The minimum atomic E-state index is -0.639. The van der Waals surface area contributed by atoms with Crippen LogP contribution in [0.25, 0.3) is 0 Å². The molecule has 196 valence electrons. The van der Waals surface area contributed by atoms with Crippen LogP contribution in [0.15, 0.2) is 83.8 Å². The first kappa shape index (κ1) is 28.6. The molecule has 0 saturated heterocycles. The molecule has 3 aromatic rings. The molecular formula is C30H35ClN2O3S. The van der Waals surface area contributed by atoms with Gasteiger partial charge < -0.3 is 15.0 Å². The molecule has 2 amide bonds. The van der Waals surface area contributed by atoms with Gasteiger partial charge in [-0.25, -0.2) is 0 Å². The second-order valence-corrected chi connectivity index (χ2v) is 10.9. The van der Waals surface area contributed by atoms with Crippen molar-refractivity contribution in [3.8, 4) is 5.75 Å². The van der Waals surface area contributed by atoms with Crippen LogP contribution in [0.4, 0.5) is 0 Å². The van der Waals surface area contributed by atoms with E-state index in [0.717, 1.165) is 16.0 Å². The van der Waals surface area contributed by atoms with Crippen LogP contribution < -0.4 is 10.1 Å². The van der Waals surface area contributed by atoms with Gasteiger partial charge in [0.15, 0.2) is 0 Å². The van der Waals surface area contributed by atoms with Crippen LogP contribution in [-0.4, -0.2) is 42.2 Å². The molecule has 1 N–H and O–H groups in total. The highest BCUT2D eigenvalue weighted by Crippen LogP contribution is 2.23. The van der Waals surface area contributed by atoms with Crippen molar-refractivity contribution < 1.29 is 14.3 Å². The fraction of sp³-hybridized carbons (Fsp3) is 0.333. The van der Waals surface area contributed by atoms with Crippen LogP contribution in [-0.2, 0) is 22.6 Å². The average Bonchev–Trinajstić information content (AvgIpc) is 2.91. The Balaban J connectivity index is 1.85. The lowest BCUT2D eigenvalue weighted by Gasteiger charge is -2.32. The molecule has 7 heteroatoms. The fourth-order valence-electron chi connectivity index (χ4n) is 3.87. The van der Waals surface area contributed by atoms with Gasteiger partial charge in [0.25, 0.3) is 0 Å². The number of carbonyl (C=O) groups excluding carboxylic acids is 2. The Bertz CT molecular complexity index is 1140. The van der Waals surface area contributed by atoms with Crippen molar-refractivity contribution >= 4 is 35.2 Å². The summed E-state index contributed by atoms with van der Waals surface area (Å²) in [6.07, 6.45) is 0.741. The van der Waals surface area contributed by atoms with Gasteiger partial charge in [-0.05, 0) is 53.4 Å². The van der Waals surface area contributed by atoms with E-state index in [4.69, 9.17) is 16.3 Å². The second-order valence-electron chi connectivity index (χ2n) is 9.27. The normalized spacial score (nSPS) is 11.7. The van der Waals surface area contributed by atoms with Crippen LogP contribution >= 0.6 is 23.4 Å². The van der Waals surface area contributed by atoms with E-state index in [9.17, 15) is 9.59 Å². The summed E-state index contributed by atoms with van der Waals surface area (Å²) >= 11 is 7.59. The maximum Gasteiger partial charge on any atom is 0.243 e. The largest absolute Gasteiger partial charge is 0.497 e. The Labute approximate surface area is 229 Å². The molecule has 3 rings (SSSR count). The van der Waals surface area contributed by atoms with E-state index in [2.05, 4.69) is 19.2 Å². The van der Waals surface area contributed by atoms with Crippen molar-refractivity contribution in [2.75, 3.05) is 19.4 Å². The SMILES string of the molecule is COc1cccc(CN(C(=O)CCSc2ccc(Cl)cc2)C(Cc2ccccc2)C(=O)NCC(C)C)c1. The van der Waals surface area contributed by atoms with E-state index in [1.54, 1.807) is 23.8 Å². The summed E-state index contributed by atoms with van der Waals surface area (Å²) in [5, 5.41) is 3.74. The number of halogens is 1. The summed E-state index contributed by atoms with van der Waals surface area (Å²) in [7, 11) is 1.62. The number of amides is 2. The molecule has 0 saturated carbocycles. The number of thioether (sulfide) groups is 1. The topological polar surface area (TPSA) is 58.6 Å². The molecule has 1 atom stereocenters. The second kappa shape index (κ2) is 14.7. The minimum Gasteiger partial charge on any atom is -0.497 e. The summed E-state index contributed by atoms with van der Waals surface area (Å²) in [4.78, 5) is 30.0. The highest BCUT2D eigenvalue weighted by molar-refractivity contribution is 7.99. The molecule has 0 heterocycles. The Hall–Kier alpha value is -2.96. The van der Waals surface area contributed by atoms with E-state index in [0.29, 0.717) is 48.4 Å². The number of methoxy groups -OCH3 is 1. The number of ether oxygens (including phenoxy) is 1. The lowest BCUT2D eigenvalue weighted by Crippen LogP contribution is -2.51. The third kappa shape index (κ3) is 9.45. The number of nitrogens with one attached hydrogen (secondary N) is 1. The number of benzene rings is 3. The fourth-order valence-corrected chi connectivity index (χ4v) is 4.84. The average molecular weight is 539 g/mol. The van der Waals surface area contributed by atoms with Gasteiger partial charge in [-0.15, -0.1) is 11.8 Å². The first-order chi connectivity index (χ1) is 17.9. The molecule has 0 aliphatic rings. The van der Waals surface area contributed by atoms with Crippen molar-refractivity contribution in [3.05, 3.63) is 95.0 Å². The lowest BCUT2D eigenvalue weighted by molar-refractivity contribution is -0.141. The molecule has 37 heavy (non-hydrogen) atoms. The van der Waals surface area contributed by atoms with Crippen LogP contribution in [0.1, 0.15) is 31.4 Å². The maximum absolute atomic E-state index is 13.7. The van der Waals surface area contributed by atoms with E-state index in [-0.39, 0.29) is 11.8 Å². The van der Waals surface area contributed by atoms with Gasteiger partial charge in [-0.1, -0.05) is 67.9 Å². The number of carbonyl (C=O) groups is 2. The van der Waals surface area contributed by atoms with Gasteiger partial charge in [0, 0.05) is 41.6 Å². The van der Waals surface area contributed by atoms with E-state index < -0.39 is 6.04 Å². The summed E-state index contributed by atoms with van der Waals surface area (Å²) in [6, 6.07) is 24.4. The summed E-state index contributed by atoms with van der Waals surface area (Å²) in [5.41, 5.74) is 1.92. The van der Waals surface area contributed by atoms with Gasteiger partial charge in [-0.3, -0.25) is 9.59 Å². The zero-order valence-corrected chi connectivity index (χ0v) is 23.2. The predicted molar refractivity (Wildman–Crippen MR) is 152 cm³/mol. The molecule has 0 aromatic heterocycles. The van der Waals surface area contributed by atoms with Crippen molar-refractivity contribution in [1.82, 2.24) is 10.2 Å². The van der Waals surface area contributed by atoms with Gasteiger partial charge in [0.2, 0.25) is 11.8 Å². The monoisotopic (exact) mass is 538 g/mol. The molecule has 0 aliphatic carbocycles. The van der Waals surface area contributed by atoms with Gasteiger partial charge in [-0.2, -0.15) is 0 Å². The molecular weight excluding hydrogens is 504 g/mol. The minimum absolute atomic E-state index is 0.0649. The van der Waals surface area contributed by atoms with E-state index >= 15 is 0 Å². The van der Waals surface area contributed by atoms with Crippen LogP contribution in [0.3, 0.4) is 0 Å². The molecule has 3 aromatic carbocycles. The molecule has 1 unspecified atom stereocenters. The zero-order valence-electron chi connectivity index (χ0n) is 21.7. The molecule has 5 nitrogen and oxygen atoms in total. The van der Waals surface area contributed by atoms with Crippen LogP contribution in [0.5, 0.6) is 5.75 Å². The first-order valence-electron chi connectivity index (χ1n) is 12.5. The standard InChI is InChI=1S/C30H35ClN2O3S/c1-22(2)20-32-30(35)28(19-23-8-5-4-6-9-23)33(21-24-10-7-11-26(18-24)36-3)29(34)16-17-37-27-14-12-25(31)13-15-27/h4-15,18,22,28H,16-17,19-21H2,1-3H3,(H,32,35). The summed E-state index contributed by atoms with van der Waals surface area (Å²) in [6.45, 7) is 4.98. The quantitative estimate of drug-likeness (QED) is 0.262. The number of rotatable bonds is 13. The Morgan fingerprint density at radius 3 is 2.35 bits per heavy atom. The first-order valence-corrected chi connectivity index (χ1v) is 13.8. The summed E-state index contributed by atoms with van der Waals surface area (Å²) in [5.74, 6) is 1.41. The van der Waals surface area contributed by atoms with Gasteiger partial charge in [0.1, 0.15) is 11.8 Å². The molecule has 0 aliphatic heterocycles. The Kier molecular flexibility index (Phi) is 11.4. The number of nitrogens with zero attached hydrogens (tertiary/aromatic N) is 1. The molecule has 0 radical (unpaired) electrons. The molecule has 0 bridgehead atoms. The van der Waals surface area contributed by atoms with Gasteiger partial charge >= 0.3 is 0 Å². The van der Waals surface area contributed by atoms with Crippen molar-refractivity contribution in [2.24, 2.45) is 5.92 Å². The zero-order chi connectivity index (χ0) is 26.6. The Morgan fingerprint density at radius 2 is 1.68 bits per heavy atom. The van der Waals surface area contributed by atoms with E-state index in [1.165, 1.54) is 0 Å². The number of hydrogen-bond donors (Lipinski definition) is 1. The van der Waals surface area contributed by atoms with Crippen molar-refractivity contribution in [3.63, 3.8) is 0 Å². The smallest absolute Gasteiger partial charge is 0.243 e. The van der Waals surface area contributed by atoms with Crippen LogP contribution in [0, 0.1) is 5.92 Å².